The Hall–Kier alpha value is -1.35. The van der Waals surface area contributed by atoms with Gasteiger partial charge in [-0.2, -0.15) is 0 Å². The summed E-state index contributed by atoms with van der Waals surface area (Å²) in [5.74, 6) is 1.07. The number of benzene rings is 1. The number of aromatic nitrogens is 2. The summed E-state index contributed by atoms with van der Waals surface area (Å²) in [5.41, 5.74) is 2.17. The molecule has 2 unspecified atom stereocenters. The molecule has 0 aliphatic rings. The van der Waals surface area contributed by atoms with Crippen LogP contribution in [0.4, 0.5) is 0 Å². The van der Waals surface area contributed by atoms with Crippen LogP contribution in [0.25, 0.3) is 11.0 Å². The maximum atomic E-state index is 10.4. The second-order valence-corrected chi connectivity index (χ2v) is 5.07. The van der Waals surface area contributed by atoms with E-state index in [2.05, 4.69) is 31.4 Å². The fourth-order valence-corrected chi connectivity index (χ4v) is 2.83. The lowest BCUT2D eigenvalue weighted by Crippen LogP contribution is -2.25. The molecule has 3 heteroatoms. The molecule has 0 spiro atoms. The number of para-hydroxylation sites is 2. The van der Waals surface area contributed by atoms with Gasteiger partial charge in [0.15, 0.2) is 0 Å². The molecule has 2 rings (SSSR count). The first-order valence-corrected chi connectivity index (χ1v) is 7.36. The molecule has 2 atom stereocenters. The zero-order valence-corrected chi connectivity index (χ0v) is 12.1. The van der Waals surface area contributed by atoms with Gasteiger partial charge in [0.25, 0.3) is 0 Å². The monoisotopic (exact) mass is 260 g/mol. The average molecular weight is 260 g/mol. The summed E-state index contributed by atoms with van der Waals surface area (Å²) in [5, 5.41) is 10.4. The molecule has 1 heterocycles. The number of fused-ring (bicyclic) bond motifs is 1. The van der Waals surface area contributed by atoms with E-state index in [-0.39, 0.29) is 12.1 Å². The Balaban J connectivity index is 2.51. The zero-order chi connectivity index (χ0) is 13.8. The number of hydrogen-bond donors (Lipinski definition) is 1. The molecular weight excluding hydrogens is 236 g/mol. The van der Waals surface area contributed by atoms with Crippen molar-refractivity contribution >= 4 is 11.0 Å². The van der Waals surface area contributed by atoms with Crippen molar-refractivity contribution in [2.24, 2.45) is 0 Å². The largest absolute Gasteiger partial charge is 0.391 e. The number of imidazole rings is 1. The van der Waals surface area contributed by atoms with Crippen LogP contribution >= 0.6 is 0 Å². The van der Waals surface area contributed by atoms with Crippen molar-refractivity contribution in [1.29, 1.82) is 0 Å². The quantitative estimate of drug-likeness (QED) is 0.859. The summed E-state index contributed by atoms with van der Waals surface area (Å²) in [6.07, 6.45) is 3.37. The molecule has 0 bridgehead atoms. The summed E-state index contributed by atoms with van der Waals surface area (Å²) in [6.45, 7) is 6.37. The number of aliphatic hydroxyl groups excluding tert-OH is 1. The van der Waals surface area contributed by atoms with Crippen LogP contribution in [0.5, 0.6) is 0 Å². The van der Waals surface area contributed by atoms with Crippen molar-refractivity contribution in [1.82, 2.24) is 9.55 Å². The topological polar surface area (TPSA) is 38.0 Å². The first kappa shape index (κ1) is 14.1. The molecule has 19 heavy (non-hydrogen) atoms. The third-order valence-electron chi connectivity index (χ3n) is 3.76. The standard InChI is InChI=1S/C16H24N2O/c1-4-9-15(19)13(5-2)18-14-11-8-7-10-12(14)17-16(18)6-3/h7-8,10-11,13,15,19H,4-6,9H2,1-3H3. The van der Waals surface area contributed by atoms with Crippen molar-refractivity contribution in [2.45, 2.75) is 58.6 Å². The highest BCUT2D eigenvalue weighted by atomic mass is 16.3. The molecule has 1 N–H and O–H groups in total. The minimum Gasteiger partial charge on any atom is -0.391 e. The lowest BCUT2D eigenvalue weighted by Gasteiger charge is -2.25. The van der Waals surface area contributed by atoms with Crippen molar-refractivity contribution in [3.8, 4) is 0 Å². The predicted molar refractivity (Wildman–Crippen MR) is 79.4 cm³/mol. The van der Waals surface area contributed by atoms with E-state index >= 15 is 0 Å². The Labute approximate surface area is 115 Å². The summed E-state index contributed by atoms with van der Waals surface area (Å²) < 4.78 is 2.25. The molecule has 0 saturated carbocycles. The molecule has 0 aliphatic heterocycles. The van der Waals surface area contributed by atoms with Crippen LogP contribution < -0.4 is 0 Å². The van der Waals surface area contributed by atoms with Crippen molar-refractivity contribution in [3.05, 3.63) is 30.1 Å². The predicted octanol–water partition coefficient (Wildman–Crippen LogP) is 3.71. The van der Waals surface area contributed by atoms with E-state index in [9.17, 15) is 5.11 Å². The smallest absolute Gasteiger partial charge is 0.109 e. The number of hydrogen-bond acceptors (Lipinski definition) is 2. The normalized spacial score (nSPS) is 14.7. The van der Waals surface area contributed by atoms with Gasteiger partial charge in [0.1, 0.15) is 5.82 Å². The summed E-state index contributed by atoms with van der Waals surface area (Å²) in [6, 6.07) is 8.33. The van der Waals surface area contributed by atoms with E-state index in [1.165, 1.54) is 0 Å². The van der Waals surface area contributed by atoms with Gasteiger partial charge in [-0.05, 0) is 25.0 Å². The van der Waals surface area contributed by atoms with Gasteiger partial charge in [0.2, 0.25) is 0 Å². The molecule has 0 aliphatic carbocycles. The number of nitrogens with zero attached hydrogens (tertiary/aromatic N) is 2. The minimum absolute atomic E-state index is 0.127. The van der Waals surface area contributed by atoms with E-state index in [1.54, 1.807) is 0 Å². The molecule has 1 aromatic heterocycles. The molecule has 0 fully saturated rings. The summed E-state index contributed by atoms with van der Waals surface area (Å²) in [7, 11) is 0. The van der Waals surface area contributed by atoms with Gasteiger partial charge < -0.3 is 9.67 Å². The van der Waals surface area contributed by atoms with Crippen LogP contribution in [-0.2, 0) is 6.42 Å². The third kappa shape index (κ3) is 2.66. The van der Waals surface area contributed by atoms with Gasteiger partial charge in [0, 0.05) is 6.42 Å². The first-order valence-electron chi connectivity index (χ1n) is 7.36. The van der Waals surface area contributed by atoms with Crippen LogP contribution in [0.2, 0.25) is 0 Å². The van der Waals surface area contributed by atoms with Crippen molar-refractivity contribution < 1.29 is 5.11 Å². The SMILES string of the molecule is CCCC(O)C(CC)n1c(CC)nc2ccccc21. The number of rotatable bonds is 6. The van der Waals surface area contributed by atoms with Gasteiger partial charge in [-0.3, -0.25) is 0 Å². The Bertz CT molecular complexity index is 533. The lowest BCUT2D eigenvalue weighted by atomic mass is 10.0. The second-order valence-electron chi connectivity index (χ2n) is 5.07. The minimum atomic E-state index is -0.294. The van der Waals surface area contributed by atoms with Crippen molar-refractivity contribution in [2.75, 3.05) is 0 Å². The van der Waals surface area contributed by atoms with Gasteiger partial charge in [-0.25, -0.2) is 4.98 Å². The van der Waals surface area contributed by atoms with E-state index in [1.807, 2.05) is 18.2 Å². The van der Waals surface area contributed by atoms with E-state index in [0.717, 1.165) is 42.5 Å². The van der Waals surface area contributed by atoms with Gasteiger partial charge in [0.05, 0.1) is 23.2 Å². The number of aryl methyl sites for hydroxylation is 1. The van der Waals surface area contributed by atoms with E-state index < -0.39 is 0 Å². The highest BCUT2D eigenvalue weighted by Crippen LogP contribution is 2.27. The fourth-order valence-electron chi connectivity index (χ4n) is 2.83. The van der Waals surface area contributed by atoms with Crippen LogP contribution in [0.15, 0.2) is 24.3 Å². The average Bonchev–Trinajstić information content (AvgIpc) is 2.79. The molecule has 0 amide bonds. The highest BCUT2D eigenvalue weighted by Gasteiger charge is 2.22. The summed E-state index contributed by atoms with van der Waals surface area (Å²) >= 11 is 0. The molecular formula is C16H24N2O. The molecule has 2 aromatic rings. The molecule has 0 saturated heterocycles. The summed E-state index contributed by atoms with van der Waals surface area (Å²) in [4.78, 5) is 4.69. The molecule has 1 aromatic carbocycles. The maximum absolute atomic E-state index is 10.4. The van der Waals surface area contributed by atoms with Crippen molar-refractivity contribution in [3.63, 3.8) is 0 Å². The second kappa shape index (κ2) is 6.20. The van der Waals surface area contributed by atoms with Crippen LogP contribution in [-0.4, -0.2) is 20.8 Å². The number of aliphatic hydroxyl groups is 1. The van der Waals surface area contributed by atoms with Crippen LogP contribution in [0.1, 0.15) is 51.9 Å². The first-order chi connectivity index (χ1) is 9.22. The van der Waals surface area contributed by atoms with Gasteiger partial charge >= 0.3 is 0 Å². The van der Waals surface area contributed by atoms with Gasteiger partial charge in [-0.15, -0.1) is 0 Å². The Kier molecular flexibility index (Phi) is 4.59. The van der Waals surface area contributed by atoms with E-state index in [0.29, 0.717) is 0 Å². The molecule has 3 nitrogen and oxygen atoms in total. The highest BCUT2D eigenvalue weighted by molar-refractivity contribution is 5.76. The maximum Gasteiger partial charge on any atom is 0.109 e. The lowest BCUT2D eigenvalue weighted by molar-refractivity contribution is 0.101. The molecule has 104 valence electrons. The Morgan fingerprint density at radius 1 is 1.21 bits per heavy atom. The van der Waals surface area contributed by atoms with Crippen LogP contribution in [0, 0.1) is 0 Å². The fraction of sp³-hybridized carbons (Fsp3) is 0.562. The third-order valence-corrected chi connectivity index (χ3v) is 3.76. The van der Waals surface area contributed by atoms with Gasteiger partial charge in [-0.1, -0.05) is 39.3 Å². The van der Waals surface area contributed by atoms with Crippen LogP contribution in [0.3, 0.4) is 0 Å². The Morgan fingerprint density at radius 3 is 2.58 bits per heavy atom. The zero-order valence-electron chi connectivity index (χ0n) is 12.1. The Morgan fingerprint density at radius 2 is 1.95 bits per heavy atom. The van der Waals surface area contributed by atoms with E-state index in [4.69, 9.17) is 4.98 Å². The molecule has 0 radical (unpaired) electrons.